The molecular weight excluding hydrogens is 322 g/mol. The number of fused-ring (bicyclic) bond motifs is 2. The number of nitrogens with one attached hydrogen (secondary N) is 1. The Hall–Kier alpha value is -2.85. The summed E-state index contributed by atoms with van der Waals surface area (Å²) in [6.07, 6.45) is 1.65. The maximum atomic E-state index is 11.6. The van der Waals surface area contributed by atoms with Crippen molar-refractivity contribution in [3.05, 3.63) is 46.1 Å². The van der Waals surface area contributed by atoms with E-state index in [1.54, 1.807) is 0 Å². The van der Waals surface area contributed by atoms with Gasteiger partial charge in [0.1, 0.15) is 11.2 Å². The molecule has 1 aromatic carbocycles. The number of H-pyrrole nitrogens is 1. The van der Waals surface area contributed by atoms with Gasteiger partial charge in [-0.2, -0.15) is 5.26 Å². The second kappa shape index (κ2) is 5.08. The topological polar surface area (TPSA) is 122 Å². The number of carbonyl (C=O) groups is 1. The summed E-state index contributed by atoms with van der Waals surface area (Å²) in [6, 6.07) is 10.2. The van der Waals surface area contributed by atoms with Crippen molar-refractivity contribution in [3.8, 4) is 6.07 Å². The Bertz CT molecular complexity index is 979. The van der Waals surface area contributed by atoms with Crippen molar-refractivity contribution in [2.75, 3.05) is 5.73 Å². The first-order chi connectivity index (χ1) is 11.5. The van der Waals surface area contributed by atoms with Crippen molar-refractivity contribution in [3.63, 3.8) is 0 Å². The SMILES string of the molecule is N#CC1(c2nc3ccccc3[nH]2)CCc2c(sc(N)c2C(N)=O)C1. The fourth-order valence-electron chi connectivity index (χ4n) is 3.44. The van der Waals surface area contributed by atoms with Crippen molar-refractivity contribution in [1.29, 1.82) is 5.26 Å². The fourth-order valence-corrected chi connectivity index (χ4v) is 4.68. The summed E-state index contributed by atoms with van der Waals surface area (Å²) in [6.45, 7) is 0. The minimum Gasteiger partial charge on any atom is -0.390 e. The first kappa shape index (κ1) is 14.7. The number of aromatic nitrogens is 2. The molecule has 0 saturated carbocycles. The zero-order chi connectivity index (χ0) is 16.9. The molecule has 1 amide bonds. The number of hydrogen-bond donors (Lipinski definition) is 3. The monoisotopic (exact) mass is 337 g/mol. The number of amides is 1. The Labute approximate surface area is 142 Å². The van der Waals surface area contributed by atoms with Gasteiger partial charge in [0.05, 0.1) is 27.7 Å². The molecule has 1 aliphatic rings. The van der Waals surface area contributed by atoms with E-state index in [2.05, 4.69) is 16.0 Å². The van der Waals surface area contributed by atoms with E-state index in [0.29, 0.717) is 35.7 Å². The van der Waals surface area contributed by atoms with E-state index in [4.69, 9.17) is 11.5 Å². The molecule has 1 atom stereocenters. The summed E-state index contributed by atoms with van der Waals surface area (Å²) < 4.78 is 0. The molecule has 5 N–H and O–H groups in total. The van der Waals surface area contributed by atoms with E-state index in [9.17, 15) is 10.1 Å². The number of thiophene rings is 1. The third-order valence-electron chi connectivity index (χ3n) is 4.69. The highest BCUT2D eigenvalue weighted by Crippen LogP contribution is 2.43. The molecule has 120 valence electrons. The van der Waals surface area contributed by atoms with Gasteiger partial charge in [-0.25, -0.2) is 4.98 Å². The highest BCUT2D eigenvalue weighted by Gasteiger charge is 2.41. The number of imidazole rings is 1. The molecule has 2 heterocycles. The van der Waals surface area contributed by atoms with Gasteiger partial charge in [0.15, 0.2) is 0 Å². The largest absolute Gasteiger partial charge is 0.390 e. The van der Waals surface area contributed by atoms with Gasteiger partial charge in [0.25, 0.3) is 5.91 Å². The van der Waals surface area contributed by atoms with Crippen LogP contribution in [0.2, 0.25) is 0 Å². The highest BCUT2D eigenvalue weighted by molar-refractivity contribution is 7.16. The highest BCUT2D eigenvalue weighted by atomic mass is 32.1. The molecule has 0 saturated heterocycles. The lowest BCUT2D eigenvalue weighted by Gasteiger charge is -2.28. The Morgan fingerprint density at radius 1 is 1.42 bits per heavy atom. The van der Waals surface area contributed by atoms with Crippen LogP contribution >= 0.6 is 11.3 Å². The van der Waals surface area contributed by atoms with Crippen molar-refractivity contribution in [2.45, 2.75) is 24.7 Å². The van der Waals surface area contributed by atoms with Crippen LogP contribution in [0, 0.1) is 11.3 Å². The Morgan fingerprint density at radius 2 is 2.21 bits per heavy atom. The third kappa shape index (κ3) is 2.00. The van der Waals surface area contributed by atoms with E-state index in [0.717, 1.165) is 21.5 Å². The minimum absolute atomic E-state index is 0.422. The molecule has 24 heavy (non-hydrogen) atoms. The molecule has 3 aromatic rings. The first-order valence-electron chi connectivity index (χ1n) is 7.60. The number of nitrogens with two attached hydrogens (primary N) is 2. The van der Waals surface area contributed by atoms with Crippen LogP contribution in [0.5, 0.6) is 0 Å². The summed E-state index contributed by atoms with van der Waals surface area (Å²) in [5.41, 5.74) is 13.8. The Balaban J connectivity index is 1.82. The van der Waals surface area contributed by atoms with Crippen LogP contribution in [0.4, 0.5) is 5.00 Å². The van der Waals surface area contributed by atoms with Crippen LogP contribution in [-0.2, 0) is 18.3 Å². The van der Waals surface area contributed by atoms with Gasteiger partial charge in [-0.1, -0.05) is 12.1 Å². The van der Waals surface area contributed by atoms with Gasteiger partial charge in [-0.15, -0.1) is 11.3 Å². The number of rotatable bonds is 2. The number of primary amides is 1. The molecule has 0 aliphatic heterocycles. The third-order valence-corrected chi connectivity index (χ3v) is 5.75. The average molecular weight is 337 g/mol. The van der Waals surface area contributed by atoms with Gasteiger partial charge in [0, 0.05) is 11.3 Å². The standard InChI is InChI=1S/C17H15N5OS/c18-8-17(16-21-10-3-1-2-4-11(10)22-16)6-5-9-12(7-17)24-15(20)13(9)14(19)23/h1-4H,5-7,20H2,(H2,19,23)(H,21,22). The van der Waals surface area contributed by atoms with Crippen LogP contribution in [-0.4, -0.2) is 15.9 Å². The summed E-state index contributed by atoms with van der Waals surface area (Å²) in [5.74, 6) is 0.169. The fraction of sp³-hybridized carbons (Fsp3) is 0.235. The Kier molecular flexibility index (Phi) is 3.11. The maximum absolute atomic E-state index is 11.6. The number of para-hydroxylation sites is 2. The maximum Gasteiger partial charge on any atom is 0.251 e. The van der Waals surface area contributed by atoms with Crippen molar-refractivity contribution < 1.29 is 4.79 Å². The van der Waals surface area contributed by atoms with Gasteiger partial charge in [-0.05, 0) is 30.5 Å². The zero-order valence-electron chi connectivity index (χ0n) is 12.8. The number of nitriles is 1. The summed E-state index contributed by atoms with van der Waals surface area (Å²) >= 11 is 1.35. The van der Waals surface area contributed by atoms with E-state index in [1.807, 2.05) is 24.3 Å². The first-order valence-corrected chi connectivity index (χ1v) is 8.42. The number of carbonyl (C=O) groups excluding carboxylic acids is 1. The lowest BCUT2D eigenvalue weighted by Crippen LogP contribution is -2.33. The lowest BCUT2D eigenvalue weighted by atomic mass is 9.74. The molecule has 0 radical (unpaired) electrons. The van der Waals surface area contributed by atoms with Crippen LogP contribution in [0.25, 0.3) is 11.0 Å². The molecule has 1 unspecified atom stereocenters. The van der Waals surface area contributed by atoms with Gasteiger partial charge >= 0.3 is 0 Å². The van der Waals surface area contributed by atoms with E-state index in [1.165, 1.54) is 11.3 Å². The van der Waals surface area contributed by atoms with Crippen LogP contribution in [0.3, 0.4) is 0 Å². The van der Waals surface area contributed by atoms with Gasteiger partial charge in [0.2, 0.25) is 0 Å². The molecule has 0 spiro atoms. The average Bonchev–Trinajstić information content (AvgIpc) is 3.13. The molecule has 1 aliphatic carbocycles. The predicted molar refractivity (Wildman–Crippen MR) is 92.7 cm³/mol. The summed E-state index contributed by atoms with van der Waals surface area (Å²) in [7, 11) is 0. The quantitative estimate of drug-likeness (QED) is 0.664. The molecule has 7 heteroatoms. The normalized spacial score (nSPS) is 19.8. The van der Waals surface area contributed by atoms with E-state index < -0.39 is 11.3 Å². The number of aromatic amines is 1. The minimum atomic E-state index is -0.738. The van der Waals surface area contributed by atoms with Crippen LogP contribution in [0.1, 0.15) is 33.0 Å². The van der Waals surface area contributed by atoms with Crippen molar-refractivity contribution in [2.24, 2.45) is 5.73 Å². The van der Waals surface area contributed by atoms with Crippen molar-refractivity contribution in [1.82, 2.24) is 9.97 Å². The smallest absolute Gasteiger partial charge is 0.251 e. The lowest BCUT2D eigenvalue weighted by molar-refractivity contribution is 0.100. The molecule has 6 nitrogen and oxygen atoms in total. The van der Waals surface area contributed by atoms with E-state index >= 15 is 0 Å². The molecule has 0 bridgehead atoms. The van der Waals surface area contributed by atoms with Crippen LogP contribution < -0.4 is 11.5 Å². The second-order valence-corrected chi connectivity index (χ2v) is 7.22. The number of hydrogen-bond acceptors (Lipinski definition) is 5. The van der Waals surface area contributed by atoms with Gasteiger partial charge < -0.3 is 16.5 Å². The molecule has 4 rings (SSSR count). The number of anilines is 1. The van der Waals surface area contributed by atoms with E-state index in [-0.39, 0.29) is 0 Å². The molecule has 2 aromatic heterocycles. The van der Waals surface area contributed by atoms with Crippen molar-refractivity contribution >= 4 is 33.3 Å². The van der Waals surface area contributed by atoms with Gasteiger partial charge in [-0.3, -0.25) is 4.79 Å². The molecular formula is C17H15N5OS. The molecule has 0 fully saturated rings. The summed E-state index contributed by atoms with van der Waals surface area (Å²) in [4.78, 5) is 20.5. The number of nitrogens with zero attached hydrogens (tertiary/aromatic N) is 2. The number of nitrogen functional groups attached to an aromatic ring is 1. The predicted octanol–water partition coefficient (Wildman–Crippen LogP) is 2.26. The Morgan fingerprint density at radius 3 is 2.92 bits per heavy atom. The number of benzene rings is 1. The second-order valence-electron chi connectivity index (χ2n) is 6.08. The zero-order valence-corrected chi connectivity index (χ0v) is 13.6. The van der Waals surface area contributed by atoms with Crippen LogP contribution in [0.15, 0.2) is 24.3 Å². The summed E-state index contributed by atoms with van der Waals surface area (Å²) in [5, 5.41) is 10.3.